The number of allylic oxidation sites excluding steroid dienone is 1. The fourth-order valence-electron chi connectivity index (χ4n) is 2.65. The van der Waals surface area contributed by atoms with Crippen molar-refractivity contribution in [1.82, 2.24) is 4.98 Å². The summed E-state index contributed by atoms with van der Waals surface area (Å²) in [6, 6.07) is 15.5. The number of para-hydroxylation sites is 1. The fraction of sp³-hybridized carbons (Fsp3) is 0.0526. The van der Waals surface area contributed by atoms with Gasteiger partial charge in [-0.25, -0.2) is 4.98 Å². The number of oxazole rings is 1. The summed E-state index contributed by atoms with van der Waals surface area (Å²) in [5, 5.41) is 10.0. The van der Waals surface area contributed by atoms with Crippen molar-refractivity contribution in [2.75, 3.05) is 0 Å². The molecule has 2 aromatic carbocycles. The lowest BCUT2D eigenvalue weighted by atomic mass is 10.0. The van der Waals surface area contributed by atoms with Crippen molar-refractivity contribution < 1.29 is 9.52 Å². The number of aryl methyl sites for hydroxylation is 1. The lowest BCUT2D eigenvalue weighted by molar-refractivity contribution is 0.336. The van der Waals surface area contributed by atoms with Crippen LogP contribution in [0, 0.1) is 6.92 Å². The third-order valence-corrected chi connectivity index (χ3v) is 3.83. The smallest absolute Gasteiger partial charge is 0.310 e. The molecule has 4 nitrogen and oxygen atoms in total. The number of aliphatic imine (C=N–C) groups is 1. The van der Waals surface area contributed by atoms with Gasteiger partial charge in [-0.2, -0.15) is 0 Å². The highest BCUT2D eigenvalue weighted by Gasteiger charge is 2.17. The van der Waals surface area contributed by atoms with E-state index in [0.717, 1.165) is 28.0 Å². The SMILES string of the molecule is Cc1cccc2c1N=CC2=Cc1nc(-c2ccccc2)oc1O. The van der Waals surface area contributed by atoms with Gasteiger partial charge in [-0.1, -0.05) is 36.4 Å². The normalized spacial score (nSPS) is 14.4. The molecule has 1 aliphatic rings. The van der Waals surface area contributed by atoms with Crippen LogP contribution in [0.15, 0.2) is 57.9 Å². The predicted molar refractivity (Wildman–Crippen MR) is 90.8 cm³/mol. The second-order valence-corrected chi connectivity index (χ2v) is 5.40. The van der Waals surface area contributed by atoms with Gasteiger partial charge in [0.1, 0.15) is 5.69 Å². The van der Waals surface area contributed by atoms with E-state index in [2.05, 4.69) is 9.98 Å². The molecule has 0 aliphatic carbocycles. The molecule has 23 heavy (non-hydrogen) atoms. The van der Waals surface area contributed by atoms with E-state index in [1.807, 2.05) is 55.5 Å². The number of fused-ring (bicyclic) bond motifs is 1. The quantitative estimate of drug-likeness (QED) is 0.752. The van der Waals surface area contributed by atoms with E-state index in [0.29, 0.717) is 11.6 Å². The van der Waals surface area contributed by atoms with Gasteiger partial charge in [-0.3, -0.25) is 4.99 Å². The van der Waals surface area contributed by atoms with Crippen LogP contribution in [0.2, 0.25) is 0 Å². The average Bonchev–Trinajstić information content (AvgIpc) is 3.14. The van der Waals surface area contributed by atoms with Gasteiger partial charge in [0.25, 0.3) is 0 Å². The van der Waals surface area contributed by atoms with Gasteiger partial charge in [-0.05, 0) is 30.7 Å². The molecule has 0 fully saturated rings. The van der Waals surface area contributed by atoms with E-state index in [-0.39, 0.29) is 5.95 Å². The summed E-state index contributed by atoms with van der Waals surface area (Å²) < 4.78 is 5.38. The Morgan fingerprint density at radius 1 is 1.04 bits per heavy atom. The van der Waals surface area contributed by atoms with Crippen molar-refractivity contribution in [2.24, 2.45) is 4.99 Å². The van der Waals surface area contributed by atoms with E-state index in [1.54, 1.807) is 12.3 Å². The van der Waals surface area contributed by atoms with Crippen LogP contribution in [0.3, 0.4) is 0 Å². The number of benzene rings is 2. The third kappa shape index (κ3) is 2.34. The number of aromatic hydroxyl groups is 1. The third-order valence-electron chi connectivity index (χ3n) is 3.83. The molecule has 4 rings (SSSR count). The Labute approximate surface area is 133 Å². The number of rotatable bonds is 2. The summed E-state index contributed by atoms with van der Waals surface area (Å²) in [6.45, 7) is 2.03. The van der Waals surface area contributed by atoms with Gasteiger partial charge in [0, 0.05) is 22.9 Å². The Morgan fingerprint density at radius 2 is 1.87 bits per heavy atom. The second-order valence-electron chi connectivity index (χ2n) is 5.40. The molecule has 0 unspecified atom stereocenters. The molecule has 112 valence electrons. The molecule has 1 aromatic heterocycles. The van der Waals surface area contributed by atoms with Crippen LogP contribution in [0.1, 0.15) is 16.8 Å². The topological polar surface area (TPSA) is 58.6 Å². The van der Waals surface area contributed by atoms with E-state index in [1.165, 1.54) is 0 Å². The molecule has 4 heteroatoms. The molecule has 0 bridgehead atoms. The van der Waals surface area contributed by atoms with Crippen LogP contribution < -0.4 is 0 Å². The highest BCUT2D eigenvalue weighted by molar-refractivity contribution is 6.21. The zero-order valence-electron chi connectivity index (χ0n) is 12.5. The molecule has 1 aliphatic heterocycles. The molecule has 1 N–H and O–H groups in total. The average molecular weight is 302 g/mol. The zero-order chi connectivity index (χ0) is 15.8. The number of nitrogens with zero attached hydrogens (tertiary/aromatic N) is 2. The molecular formula is C19H14N2O2. The molecule has 0 radical (unpaired) electrons. The minimum Gasteiger partial charge on any atom is -0.479 e. The standard InChI is InChI=1S/C19H14N2O2/c1-12-6-5-9-15-14(11-20-17(12)15)10-16-19(22)23-18(21-16)13-7-3-2-4-8-13/h2-11,22H,1H3. The lowest BCUT2D eigenvalue weighted by Crippen LogP contribution is -1.83. The maximum absolute atomic E-state index is 10.0. The van der Waals surface area contributed by atoms with Crippen LogP contribution in [0.25, 0.3) is 23.1 Å². The lowest BCUT2D eigenvalue weighted by Gasteiger charge is -2.01. The molecular weight excluding hydrogens is 288 g/mol. The van der Waals surface area contributed by atoms with Gasteiger partial charge < -0.3 is 9.52 Å². The largest absolute Gasteiger partial charge is 0.479 e. The van der Waals surface area contributed by atoms with Crippen molar-refractivity contribution in [2.45, 2.75) is 6.92 Å². The number of hydrogen-bond acceptors (Lipinski definition) is 4. The maximum Gasteiger partial charge on any atom is 0.310 e. The summed E-state index contributed by atoms with van der Waals surface area (Å²) in [4.78, 5) is 8.82. The highest BCUT2D eigenvalue weighted by Crippen LogP contribution is 2.36. The molecule has 0 atom stereocenters. The van der Waals surface area contributed by atoms with Crippen molar-refractivity contribution in [3.05, 3.63) is 65.4 Å². The van der Waals surface area contributed by atoms with Gasteiger partial charge in [0.05, 0.1) is 5.69 Å². The van der Waals surface area contributed by atoms with Crippen molar-refractivity contribution >= 4 is 23.6 Å². The molecule has 0 spiro atoms. The number of hydrogen-bond donors (Lipinski definition) is 1. The monoisotopic (exact) mass is 302 g/mol. The van der Waals surface area contributed by atoms with Crippen LogP contribution >= 0.6 is 0 Å². The minimum atomic E-state index is -0.189. The molecule has 0 amide bonds. The fourth-order valence-corrected chi connectivity index (χ4v) is 2.65. The van der Waals surface area contributed by atoms with Crippen LogP contribution in [0.5, 0.6) is 5.95 Å². The first-order valence-electron chi connectivity index (χ1n) is 7.33. The van der Waals surface area contributed by atoms with Gasteiger partial charge in [0.2, 0.25) is 5.89 Å². The van der Waals surface area contributed by atoms with Crippen molar-refractivity contribution in [3.63, 3.8) is 0 Å². The Kier molecular flexibility index (Phi) is 3.08. The summed E-state index contributed by atoms with van der Waals surface area (Å²) in [7, 11) is 0. The predicted octanol–water partition coefficient (Wildman–Crippen LogP) is 4.61. The van der Waals surface area contributed by atoms with Gasteiger partial charge >= 0.3 is 5.95 Å². The van der Waals surface area contributed by atoms with Crippen LogP contribution in [-0.2, 0) is 0 Å². The molecule has 3 aromatic rings. The van der Waals surface area contributed by atoms with Crippen LogP contribution in [0.4, 0.5) is 5.69 Å². The Bertz CT molecular complexity index is 937. The van der Waals surface area contributed by atoms with Crippen LogP contribution in [-0.4, -0.2) is 16.3 Å². The van der Waals surface area contributed by atoms with E-state index in [9.17, 15) is 5.11 Å². The Hall–Kier alpha value is -3.14. The summed E-state index contributed by atoms with van der Waals surface area (Å²) in [5.74, 6) is 0.209. The first-order valence-corrected chi connectivity index (χ1v) is 7.33. The maximum atomic E-state index is 10.0. The van der Waals surface area contributed by atoms with E-state index >= 15 is 0 Å². The van der Waals surface area contributed by atoms with E-state index < -0.39 is 0 Å². The molecule has 0 saturated carbocycles. The van der Waals surface area contributed by atoms with Crippen molar-refractivity contribution in [1.29, 1.82) is 0 Å². The Morgan fingerprint density at radius 3 is 2.70 bits per heavy atom. The highest BCUT2D eigenvalue weighted by atomic mass is 16.5. The first kappa shape index (κ1) is 13.5. The van der Waals surface area contributed by atoms with E-state index in [4.69, 9.17) is 4.42 Å². The summed E-state index contributed by atoms with van der Waals surface area (Å²) in [5.41, 5.74) is 5.26. The molecule has 2 heterocycles. The second kappa shape index (κ2) is 5.25. The minimum absolute atomic E-state index is 0.189. The first-order chi connectivity index (χ1) is 11.2. The zero-order valence-corrected chi connectivity index (χ0v) is 12.5. The summed E-state index contributed by atoms with van der Waals surface area (Å²) >= 11 is 0. The van der Waals surface area contributed by atoms with Gasteiger partial charge in [0.15, 0.2) is 0 Å². The molecule has 0 saturated heterocycles. The Balaban J connectivity index is 1.76. The number of aromatic nitrogens is 1. The van der Waals surface area contributed by atoms with Gasteiger partial charge in [-0.15, -0.1) is 0 Å². The van der Waals surface area contributed by atoms with Crippen molar-refractivity contribution in [3.8, 4) is 17.4 Å². The summed E-state index contributed by atoms with van der Waals surface area (Å²) in [6.07, 6.45) is 3.58.